The van der Waals surface area contributed by atoms with Crippen molar-refractivity contribution in [3.05, 3.63) is 24.3 Å². The Balaban J connectivity index is 2.58. The minimum absolute atomic E-state index is 0.392. The second kappa shape index (κ2) is 4.54. The van der Waals surface area contributed by atoms with E-state index >= 15 is 0 Å². The van der Waals surface area contributed by atoms with Crippen LogP contribution in [0.2, 0.25) is 0 Å². The second-order valence-electron chi connectivity index (χ2n) is 1.98. The fourth-order valence-corrected chi connectivity index (χ4v) is 0.758. The highest BCUT2D eigenvalue weighted by Gasteiger charge is 1.94. The third kappa shape index (κ3) is 2.38. The summed E-state index contributed by atoms with van der Waals surface area (Å²) in [6.07, 6.45) is 0. The molecule has 0 aliphatic rings. The average molecular weight is 174 g/mol. The molecule has 0 unspecified atom stereocenters. The molecule has 0 heterocycles. The Bertz CT molecular complexity index is 198. The van der Waals surface area contributed by atoms with Gasteiger partial charge in [0.15, 0.2) is 0 Å². The highest BCUT2D eigenvalue weighted by atomic mass is 19.1. The lowest BCUT2D eigenvalue weighted by molar-refractivity contribution is 0.186. The van der Waals surface area contributed by atoms with Crippen LogP contribution in [0.5, 0.6) is 11.5 Å². The van der Waals surface area contributed by atoms with Crippen molar-refractivity contribution < 1.29 is 18.3 Å². The SMILES string of the molecule is FCOc1ccc(OCF)cc1. The largest absolute Gasteiger partial charge is 0.463 e. The zero-order chi connectivity index (χ0) is 8.81. The Morgan fingerprint density at radius 3 is 1.42 bits per heavy atom. The molecule has 0 bridgehead atoms. The van der Waals surface area contributed by atoms with Crippen molar-refractivity contribution in [1.29, 1.82) is 0 Å². The predicted molar refractivity (Wildman–Crippen MR) is 39.6 cm³/mol. The molecule has 0 N–H and O–H groups in total. The van der Waals surface area contributed by atoms with Gasteiger partial charge in [-0.25, -0.2) is 8.78 Å². The average Bonchev–Trinajstić information content (AvgIpc) is 2.09. The molecule has 1 rings (SSSR count). The normalized spacial score (nSPS) is 9.50. The van der Waals surface area contributed by atoms with E-state index in [1.807, 2.05) is 0 Å². The molecule has 4 heteroatoms. The molecule has 66 valence electrons. The zero-order valence-corrected chi connectivity index (χ0v) is 6.30. The van der Waals surface area contributed by atoms with Gasteiger partial charge in [0, 0.05) is 0 Å². The van der Waals surface area contributed by atoms with Crippen molar-refractivity contribution in [3.63, 3.8) is 0 Å². The Morgan fingerprint density at radius 2 is 1.17 bits per heavy atom. The van der Waals surface area contributed by atoms with E-state index in [9.17, 15) is 8.78 Å². The quantitative estimate of drug-likeness (QED) is 0.697. The number of hydrogen-bond donors (Lipinski definition) is 0. The van der Waals surface area contributed by atoms with Gasteiger partial charge in [0.25, 0.3) is 0 Å². The van der Waals surface area contributed by atoms with Crippen molar-refractivity contribution in [1.82, 2.24) is 0 Å². The smallest absolute Gasteiger partial charge is 0.228 e. The van der Waals surface area contributed by atoms with E-state index in [-0.39, 0.29) is 0 Å². The van der Waals surface area contributed by atoms with Gasteiger partial charge in [-0.3, -0.25) is 0 Å². The first-order valence-electron chi connectivity index (χ1n) is 3.34. The summed E-state index contributed by atoms with van der Waals surface area (Å²) in [7, 11) is 0. The number of hydrogen-bond acceptors (Lipinski definition) is 2. The van der Waals surface area contributed by atoms with Crippen LogP contribution in [0.3, 0.4) is 0 Å². The van der Waals surface area contributed by atoms with Crippen LogP contribution in [0.15, 0.2) is 24.3 Å². The fraction of sp³-hybridized carbons (Fsp3) is 0.250. The molecule has 0 radical (unpaired) electrons. The first kappa shape index (κ1) is 8.77. The molecular weight excluding hydrogens is 166 g/mol. The molecular formula is C8H8F2O2. The van der Waals surface area contributed by atoms with Gasteiger partial charge in [-0.2, -0.15) is 0 Å². The van der Waals surface area contributed by atoms with E-state index in [0.29, 0.717) is 11.5 Å². The van der Waals surface area contributed by atoms with Gasteiger partial charge in [-0.15, -0.1) is 0 Å². The minimum Gasteiger partial charge on any atom is -0.463 e. The van der Waals surface area contributed by atoms with Crippen LogP contribution < -0.4 is 9.47 Å². The molecule has 0 atom stereocenters. The number of rotatable bonds is 4. The first-order chi connectivity index (χ1) is 5.86. The summed E-state index contributed by atoms with van der Waals surface area (Å²) in [5.74, 6) is 0.785. The topological polar surface area (TPSA) is 18.5 Å². The standard InChI is InChI=1S/C8H8F2O2/c9-5-11-7-1-2-8(4-3-7)12-6-10/h1-4H,5-6H2. The molecule has 0 saturated carbocycles. The zero-order valence-electron chi connectivity index (χ0n) is 6.30. The van der Waals surface area contributed by atoms with Crippen LogP contribution in [-0.4, -0.2) is 13.7 Å². The molecule has 1 aromatic carbocycles. The van der Waals surface area contributed by atoms with E-state index in [1.165, 1.54) is 24.3 Å². The monoisotopic (exact) mass is 174 g/mol. The third-order valence-electron chi connectivity index (χ3n) is 1.27. The van der Waals surface area contributed by atoms with E-state index in [0.717, 1.165) is 0 Å². The predicted octanol–water partition coefficient (Wildman–Crippen LogP) is 2.30. The maximum atomic E-state index is 11.6. The number of halogens is 2. The van der Waals surface area contributed by atoms with E-state index in [1.54, 1.807) is 0 Å². The molecule has 1 aromatic rings. The summed E-state index contributed by atoms with van der Waals surface area (Å²) in [5, 5.41) is 0. The van der Waals surface area contributed by atoms with Crippen molar-refractivity contribution in [2.24, 2.45) is 0 Å². The van der Waals surface area contributed by atoms with Crippen molar-refractivity contribution in [2.45, 2.75) is 0 Å². The second-order valence-corrected chi connectivity index (χ2v) is 1.98. The highest BCUT2D eigenvalue weighted by Crippen LogP contribution is 2.17. The van der Waals surface area contributed by atoms with Crippen molar-refractivity contribution in [2.75, 3.05) is 13.7 Å². The van der Waals surface area contributed by atoms with Crippen molar-refractivity contribution >= 4 is 0 Å². The van der Waals surface area contributed by atoms with Crippen LogP contribution in [0, 0.1) is 0 Å². The Labute approximate surface area is 68.7 Å². The summed E-state index contributed by atoms with van der Waals surface area (Å²) < 4.78 is 32.3. The van der Waals surface area contributed by atoms with Gasteiger partial charge < -0.3 is 9.47 Å². The van der Waals surface area contributed by atoms with Crippen LogP contribution in [-0.2, 0) is 0 Å². The van der Waals surface area contributed by atoms with E-state index in [4.69, 9.17) is 0 Å². The lowest BCUT2D eigenvalue weighted by atomic mass is 10.3. The van der Waals surface area contributed by atoms with E-state index in [2.05, 4.69) is 9.47 Å². The lowest BCUT2D eigenvalue weighted by Crippen LogP contribution is -1.91. The summed E-state index contributed by atoms with van der Waals surface area (Å²) >= 11 is 0. The van der Waals surface area contributed by atoms with Crippen LogP contribution in [0.1, 0.15) is 0 Å². The van der Waals surface area contributed by atoms with Crippen LogP contribution in [0.4, 0.5) is 8.78 Å². The summed E-state index contributed by atoms with van der Waals surface area (Å²) in [6, 6.07) is 6.02. The number of benzene rings is 1. The molecule has 0 amide bonds. The molecule has 0 aromatic heterocycles. The summed E-state index contributed by atoms with van der Waals surface area (Å²) in [5.41, 5.74) is 0. The first-order valence-corrected chi connectivity index (χ1v) is 3.34. The Hall–Kier alpha value is -1.32. The van der Waals surface area contributed by atoms with E-state index < -0.39 is 13.7 Å². The molecule has 0 aliphatic carbocycles. The summed E-state index contributed by atoms with van der Waals surface area (Å²) in [6.45, 7) is -1.74. The van der Waals surface area contributed by atoms with Gasteiger partial charge in [-0.05, 0) is 24.3 Å². The third-order valence-corrected chi connectivity index (χ3v) is 1.27. The van der Waals surface area contributed by atoms with Gasteiger partial charge in [0.2, 0.25) is 13.7 Å². The Morgan fingerprint density at radius 1 is 0.833 bits per heavy atom. The van der Waals surface area contributed by atoms with Crippen molar-refractivity contribution in [3.8, 4) is 11.5 Å². The fourth-order valence-electron chi connectivity index (χ4n) is 0.758. The van der Waals surface area contributed by atoms with Gasteiger partial charge >= 0.3 is 0 Å². The van der Waals surface area contributed by atoms with Gasteiger partial charge in [-0.1, -0.05) is 0 Å². The van der Waals surface area contributed by atoms with Gasteiger partial charge in [0.1, 0.15) is 11.5 Å². The number of ether oxygens (including phenoxy) is 2. The minimum atomic E-state index is -0.872. The van der Waals surface area contributed by atoms with Crippen LogP contribution in [0.25, 0.3) is 0 Å². The molecule has 0 fully saturated rings. The maximum Gasteiger partial charge on any atom is 0.228 e. The molecule has 0 aliphatic heterocycles. The molecule has 2 nitrogen and oxygen atoms in total. The van der Waals surface area contributed by atoms with Gasteiger partial charge in [0.05, 0.1) is 0 Å². The Kier molecular flexibility index (Phi) is 3.32. The molecule has 0 saturated heterocycles. The maximum absolute atomic E-state index is 11.6. The summed E-state index contributed by atoms with van der Waals surface area (Å²) in [4.78, 5) is 0. The number of alkyl halides is 2. The molecule has 12 heavy (non-hydrogen) atoms. The highest BCUT2D eigenvalue weighted by molar-refractivity contribution is 5.30. The lowest BCUT2D eigenvalue weighted by Gasteiger charge is -2.02. The molecule has 0 spiro atoms. The van der Waals surface area contributed by atoms with Crippen LogP contribution >= 0.6 is 0 Å².